The zero-order chi connectivity index (χ0) is 13.7. The van der Waals surface area contributed by atoms with Crippen LogP contribution in [0.15, 0.2) is 51.8 Å². The fourth-order valence-electron chi connectivity index (χ4n) is 1.59. The molecule has 0 aliphatic rings. The Labute approximate surface area is 126 Å². The summed E-state index contributed by atoms with van der Waals surface area (Å²) in [6.07, 6.45) is 0. The summed E-state index contributed by atoms with van der Waals surface area (Å²) in [4.78, 5) is 1.23. The first-order chi connectivity index (χ1) is 9.15. The van der Waals surface area contributed by atoms with Crippen LogP contribution in [0.1, 0.15) is 5.56 Å². The monoisotopic (exact) mass is 337 g/mol. The first-order valence-corrected chi connectivity index (χ1v) is 7.80. The Kier molecular flexibility index (Phi) is 5.16. The lowest BCUT2D eigenvalue weighted by atomic mass is 10.2. The average molecular weight is 338 g/mol. The van der Waals surface area contributed by atoms with Gasteiger partial charge in [0.2, 0.25) is 0 Å². The van der Waals surface area contributed by atoms with Crippen LogP contribution in [0.4, 0.5) is 5.69 Å². The van der Waals surface area contributed by atoms with E-state index in [1.807, 2.05) is 43.3 Å². The molecule has 0 atom stereocenters. The number of thioether (sulfide) groups is 1. The van der Waals surface area contributed by atoms with Crippen molar-refractivity contribution in [2.75, 3.05) is 18.1 Å². The van der Waals surface area contributed by atoms with Crippen molar-refractivity contribution in [3.8, 4) is 5.75 Å². The van der Waals surface area contributed by atoms with Gasteiger partial charge in [0.25, 0.3) is 0 Å². The number of nitrogen functional groups attached to an aromatic ring is 1. The zero-order valence-electron chi connectivity index (χ0n) is 10.7. The molecule has 0 aliphatic heterocycles. The second-order valence-corrected chi connectivity index (χ2v) is 6.25. The van der Waals surface area contributed by atoms with E-state index in [9.17, 15) is 0 Å². The Morgan fingerprint density at radius 1 is 1.16 bits per heavy atom. The van der Waals surface area contributed by atoms with Crippen molar-refractivity contribution in [1.82, 2.24) is 0 Å². The maximum Gasteiger partial charge on any atom is 0.119 e. The van der Waals surface area contributed by atoms with Crippen molar-refractivity contribution in [2.24, 2.45) is 0 Å². The highest BCUT2D eigenvalue weighted by Crippen LogP contribution is 2.22. The summed E-state index contributed by atoms with van der Waals surface area (Å²) in [6, 6.07) is 14.0. The van der Waals surface area contributed by atoms with Gasteiger partial charge in [-0.1, -0.05) is 15.9 Å². The molecular formula is C15H16BrNOS. The van der Waals surface area contributed by atoms with Crippen LogP contribution in [0.2, 0.25) is 0 Å². The number of nitrogens with two attached hydrogens (primary N) is 1. The molecule has 0 bridgehead atoms. The zero-order valence-corrected chi connectivity index (χ0v) is 13.1. The Bertz CT molecular complexity index is 542. The van der Waals surface area contributed by atoms with Crippen LogP contribution in [-0.2, 0) is 0 Å². The summed E-state index contributed by atoms with van der Waals surface area (Å²) in [7, 11) is 0. The summed E-state index contributed by atoms with van der Waals surface area (Å²) >= 11 is 5.18. The molecule has 2 nitrogen and oxygen atoms in total. The normalized spacial score (nSPS) is 10.4. The summed E-state index contributed by atoms with van der Waals surface area (Å²) in [5, 5.41) is 0. The Morgan fingerprint density at radius 3 is 2.58 bits per heavy atom. The topological polar surface area (TPSA) is 35.2 Å². The van der Waals surface area contributed by atoms with E-state index < -0.39 is 0 Å². The predicted molar refractivity (Wildman–Crippen MR) is 86.0 cm³/mol. The highest BCUT2D eigenvalue weighted by molar-refractivity contribution is 9.10. The van der Waals surface area contributed by atoms with Gasteiger partial charge in [0.15, 0.2) is 0 Å². The smallest absolute Gasteiger partial charge is 0.119 e. The van der Waals surface area contributed by atoms with Crippen LogP contribution in [0.5, 0.6) is 5.75 Å². The van der Waals surface area contributed by atoms with E-state index in [1.54, 1.807) is 11.8 Å². The van der Waals surface area contributed by atoms with Gasteiger partial charge in [-0.15, -0.1) is 11.8 Å². The van der Waals surface area contributed by atoms with E-state index in [1.165, 1.54) is 4.90 Å². The highest BCUT2D eigenvalue weighted by Gasteiger charge is 1.99. The lowest BCUT2D eigenvalue weighted by molar-refractivity contribution is 0.344. The van der Waals surface area contributed by atoms with Gasteiger partial charge in [-0.2, -0.15) is 0 Å². The fourth-order valence-corrected chi connectivity index (χ4v) is 2.68. The molecule has 100 valence electrons. The molecule has 0 radical (unpaired) electrons. The molecule has 0 heterocycles. The molecular weight excluding hydrogens is 322 g/mol. The quantitative estimate of drug-likeness (QED) is 0.495. The fraction of sp³-hybridized carbons (Fsp3) is 0.200. The number of hydrogen-bond donors (Lipinski definition) is 1. The van der Waals surface area contributed by atoms with Gasteiger partial charge in [-0.3, -0.25) is 0 Å². The number of ether oxygens (including phenoxy) is 1. The molecule has 19 heavy (non-hydrogen) atoms. The molecule has 4 heteroatoms. The minimum atomic E-state index is 0.690. The molecule has 2 aromatic rings. The van der Waals surface area contributed by atoms with Crippen molar-refractivity contribution in [2.45, 2.75) is 11.8 Å². The minimum Gasteiger partial charge on any atom is -0.493 e. The van der Waals surface area contributed by atoms with Crippen molar-refractivity contribution in [3.05, 3.63) is 52.5 Å². The molecule has 2 aromatic carbocycles. The standard InChI is InChI=1S/C15H16BrNOS/c1-11-10-14(6-7-15(11)17)19-9-8-18-13-4-2-12(16)3-5-13/h2-7,10H,8-9,17H2,1H3. The molecule has 0 saturated carbocycles. The summed E-state index contributed by atoms with van der Waals surface area (Å²) in [6.45, 7) is 2.72. The van der Waals surface area contributed by atoms with Crippen LogP contribution in [-0.4, -0.2) is 12.4 Å². The van der Waals surface area contributed by atoms with Crippen molar-refractivity contribution in [3.63, 3.8) is 0 Å². The van der Waals surface area contributed by atoms with Gasteiger partial charge in [0, 0.05) is 20.8 Å². The van der Waals surface area contributed by atoms with E-state index in [0.717, 1.165) is 27.2 Å². The predicted octanol–water partition coefficient (Wildman–Crippen LogP) is 4.51. The molecule has 0 saturated heterocycles. The average Bonchev–Trinajstić information content (AvgIpc) is 2.41. The van der Waals surface area contributed by atoms with Gasteiger partial charge in [-0.25, -0.2) is 0 Å². The number of rotatable bonds is 5. The van der Waals surface area contributed by atoms with E-state index in [4.69, 9.17) is 10.5 Å². The van der Waals surface area contributed by atoms with Gasteiger partial charge in [0.1, 0.15) is 5.75 Å². The third-order valence-corrected chi connectivity index (χ3v) is 4.16. The van der Waals surface area contributed by atoms with Crippen molar-refractivity contribution < 1.29 is 4.74 Å². The first kappa shape index (κ1) is 14.3. The van der Waals surface area contributed by atoms with E-state index >= 15 is 0 Å². The first-order valence-electron chi connectivity index (χ1n) is 6.02. The maximum absolute atomic E-state index is 5.79. The van der Waals surface area contributed by atoms with E-state index in [0.29, 0.717) is 6.61 Å². The maximum atomic E-state index is 5.79. The molecule has 0 aromatic heterocycles. The molecule has 0 spiro atoms. The van der Waals surface area contributed by atoms with Crippen LogP contribution < -0.4 is 10.5 Å². The highest BCUT2D eigenvalue weighted by atomic mass is 79.9. The number of benzene rings is 2. The van der Waals surface area contributed by atoms with Crippen LogP contribution in [0, 0.1) is 6.92 Å². The third-order valence-electron chi connectivity index (χ3n) is 2.68. The van der Waals surface area contributed by atoms with Gasteiger partial charge in [0.05, 0.1) is 6.61 Å². The molecule has 0 unspecified atom stereocenters. The SMILES string of the molecule is Cc1cc(SCCOc2ccc(Br)cc2)ccc1N. The molecule has 0 amide bonds. The third kappa shape index (κ3) is 4.48. The second-order valence-electron chi connectivity index (χ2n) is 4.17. The molecule has 2 N–H and O–H groups in total. The number of halogens is 1. The van der Waals surface area contributed by atoms with Gasteiger partial charge >= 0.3 is 0 Å². The largest absolute Gasteiger partial charge is 0.493 e. The number of anilines is 1. The van der Waals surface area contributed by atoms with E-state index in [2.05, 4.69) is 22.0 Å². The summed E-state index contributed by atoms with van der Waals surface area (Å²) < 4.78 is 6.73. The van der Waals surface area contributed by atoms with Gasteiger partial charge < -0.3 is 10.5 Å². The van der Waals surface area contributed by atoms with Crippen molar-refractivity contribution >= 4 is 33.4 Å². The summed E-state index contributed by atoms with van der Waals surface area (Å²) in [5.74, 6) is 1.82. The van der Waals surface area contributed by atoms with Gasteiger partial charge in [-0.05, 0) is 55.0 Å². The Morgan fingerprint density at radius 2 is 1.89 bits per heavy atom. The van der Waals surface area contributed by atoms with Crippen molar-refractivity contribution in [1.29, 1.82) is 0 Å². The Hall–Kier alpha value is -1.13. The molecule has 0 aliphatic carbocycles. The Balaban J connectivity index is 1.77. The molecule has 2 rings (SSSR count). The van der Waals surface area contributed by atoms with Crippen LogP contribution >= 0.6 is 27.7 Å². The lowest BCUT2D eigenvalue weighted by Crippen LogP contribution is -2.00. The molecule has 0 fully saturated rings. The minimum absolute atomic E-state index is 0.690. The lowest BCUT2D eigenvalue weighted by Gasteiger charge is -2.07. The second kappa shape index (κ2) is 6.87. The number of aryl methyl sites for hydroxylation is 1. The summed E-state index contributed by atoms with van der Waals surface area (Å²) in [5.41, 5.74) is 7.76. The number of hydrogen-bond acceptors (Lipinski definition) is 3. The van der Waals surface area contributed by atoms with Crippen LogP contribution in [0.3, 0.4) is 0 Å². The van der Waals surface area contributed by atoms with E-state index in [-0.39, 0.29) is 0 Å². The van der Waals surface area contributed by atoms with Crippen LogP contribution in [0.25, 0.3) is 0 Å².